The van der Waals surface area contributed by atoms with Crippen LogP contribution in [0.15, 0.2) is 42.5 Å². The van der Waals surface area contributed by atoms with E-state index in [2.05, 4.69) is 10.3 Å². The molecule has 0 saturated heterocycles. The SMILES string of the molecule is Cc1cc(C)cc(-n2nnc(C=O)c2-c2cccc(F)c2)c1. The lowest BCUT2D eigenvalue weighted by atomic mass is 10.1. The van der Waals surface area contributed by atoms with Crippen LogP contribution in [-0.2, 0) is 0 Å². The molecule has 0 aliphatic heterocycles. The van der Waals surface area contributed by atoms with Gasteiger partial charge in [0, 0.05) is 5.56 Å². The number of carbonyl (C=O) groups is 1. The van der Waals surface area contributed by atoms with E-state index in [1.807, 2.05) is 32.0 Å². The third-order valence-corrected chi connectivity index (χ3v) is 3.36. The van der Waals surface area contributed by atoms with E-state index < -0.39 is 0 Å². The van der Waals surface area contributed by atoms with Gasteiger partial charge in [0.15, 0.2) is 12.0 Å². The topological polar surface area (TPSA) is 47.8 Å². The van der Waals surface area contributed by atoms with Crippen LogP contribution in [0.25, 0.3) is 16.9 Å². The average Bonchev–Trinajstić information content (AvgIpc) is 2.90. The van der Waals surface area contributed by atoms with Gasteiger partial charge in [-0.05, 0) is 49.2 Å². The molecule has 0 radical (unpaired) electrons. The van der Waals surface area contributed by atoms with Gasteiger partial charge in [-0.25, -0.2) is 9.07 Å². The van der Waals surface area contributed by atoms with Crippen LogP contribution in [-0.4, -0.2) is 21.3 Å². The van der Waals surface area contributed by atoms with Gasteiger partial charge in [-0.1, -0.05) is 23.4 Å². The first-order valence-corrected chi connectivity index (χ1v) is 6.84. The molecule has 1 heterocycles. The molecule has 0 fully saturated rings. The van der Waals surface area contributed by atoms with E-state index in [-0.39, 0.29) is 11.5 Å². The molecule has 0 spiro atoms. The largest absolute Gasteiger partial charge is 0.296 e. The summed E-state index contributed by atoms with van der Waals surface area (Å²) in [6, 6.07) is 12.0. The van der Waals surface area contributed by atoms with Crippen molar-refractivity contribution in [1.82, 2.24) is 15.0 Å². The van der Waals surface area contributed by atoms with Crippen LogP contribution in [0.2, 0.25) is 0 Å². The number of carbonyl (C=O) groups excluding carboxylic acids is 1. The van der Waals surface area contributed by atoms with Gasteiger partial charge < -0.3 is 0 Å². The summed E-state index contributed by atoms with van der Waals surface area (Å²) in [6.07, 6.45) is 0.631. The maximum Gasteiger partial charge on any atom is 0.172 e. The first-order valence-electron chi connectivity index (χ1n) is 6.84. The average molecular weight is 295 g/mol. The van der Waals surface area contributed by atoms with Crippen molar-refractivity contribution in [2.45, 2.75) is 13.8 Å². The molecule has 0 saturated carbocycles. The fraction of sp³-hybridized carbons (Fsp3) is 0.118. The quantitative estimate of drug-likeness (QED) is 0.695. The molecule has 0 unspecified atom stereocenters. The second-order valence-electron chi connectivity index (χ2n) is 5.21. The molecule has 4 nitrogen and oxygen atoms in total. The molecule has 0 N–H and O–H groups in total. The summed E-state index contributed by atoms with van der Waals surface area (Å²) in [4.78, 5) is 11.3. The van der Waals surface area contributed by atoms with Gasteiger partial charge in [0.1, 0.15) is 11.5 Å². The minimum atomic E-state index is -0.373. The Kier molecular flexibility index (Phi) is 3.55. The molecule has 2 aromatic carbocycles. The van der Waals surface area contributed by atoms with E-state index in [1.165, 1.54) is 12.1 Å². The smallest absolute Gasteiger partial charge is 0.172 e. The zero-order valence-electron chi connectivity index (χ0n) is 12.2. The molecular formula is C17H14FN3O. The van der Waals surface area contributed by atoms with Crippen molar-refractivity contribution in [3.05, 3.63) is 65.1 Å². The minimum Gasteiger partial charge on any atom is -0.296 e. The molecule has 5 heteroatoms. The predicted octanol–water partition coefficient (Wildman–Crippen LogP) is 3.50. The maximum atomic E-state index is 13.5. The lowest BCUT2D eigenvalue weighted by Crippen LogP contribution is -2.01. The summed E-state index contributed by atoms with van der Waals surface area (Å²) in [6.45, 7) is 3.96. The van der Waals surface area contributed by atoms with Gasteiger partial charge >= 0.3 is 0 Å². The predicted molar refractivity (Wildman–Crippen MR) is 81.6 cm³/mol. The Hall–Kier alpha value is -2.82. The van der Waals surface area contributed by atoms with Crippen molar-refractivity contribution in [2.24, 2.45) is 0 Å². The molecular weight excluding hydrogens is 281 g/mol. The lowest BCUT2D eigenvalue weighted by Gasteiger charge is -2.09. The fourth-order valence-electron chi connectivity index (χ4n) is 2.53. The maximum absolute atomic E-state index is 13.5. The summed E-state index contributed by atoms with van der Waals surface area (Å²) in [5.74, 6) is -0.373. The summed E-state index contributed by atoms with van der Waals surface area (Å²) in [5, 5.41) is 7.96. The fourth-order valence-corrected chi connectivity index (χ4v) is 2.53. The zero-order chi connectivity index (χ0) is 15.7. The van der Waals surface area contributed by atoms with Crippen LogP contribution in [0, 0.1) is 19.7 Å². The van der Waals surface area contributed by atoms with Gasteiger partial charge in [0.05, 0.1) is 5.69 Å². The Morgan fingerprint density at radius 3 is 2.45 bits per heavy atom. The van der Waals surface area contributed by atoms with Gasteiger partial charge in [-0.15, -0.1) is 5.10 Å². The molecule has 0 bridgehead atoms. The van der Waals surface area contributed by atoms with Crippen molar-refractivity contribution < 1.29 is 9.18 Å². The minimum absolute atomic E-state index is 0.185. The molecule has 0 aliphatic carbocycles. The van der Waals surface area contributed by atoms with E-state index in [4.69, 9.17) is 0 Å². The Balaban J connectivity index is 2.25. The van der Waals surface area contributed by atoms with Crippen molar-refractivity contribution >= 4 is 6.29 Å². The second-order valence-corrected chi connectivity index (χ2v) is 5.21. The highest BCUT2D eigenvalue weighted by Gasteiger charge is 2.16. The summed E-state index contributed by atoms with van der Waals surface area (Å²) in [5.41, 5.74) is 4.17. The first-order chi connectivity index (χ1) is 10.6. The van der Waals surface area contributed by atoms with Crippen LogP contribution in [0.5, 0.6) is 0 Å². The lowest BCUT2D eigenvalue weighted by molar-refractivity contribution is 0.111. The number of hydrogen-bond acceptors (Lipinski definition) is 3. The third-order valence-electron chi connectivity index (χ3n) is 3.36. The monoisotopic (exact) mass is 295 g/mol. The number of aryl methyl sites for hydroxylation is 2. The molecule has 3 aromatic rings. The third kappa shape index (κ3) is 2.53. The van der Waals surface area contributed by atoms with Crippen molar-refractivity contribution in [3.63, 3.8) is 0 Å². The number of halogens is 1. The van der Waals surface area contributed by atoms with E-state index in [0.29, 0.717) is 17.5 Å². The molecule has 0 atom stereocenters. The number of rotatable bonds is 3. The first kappa shape index (κ1) is 14.1. The van der Waals surface area contributed by atoms with E-state index in [1.54, 1.807) is 16.8 Å². The van der Waals surface area contributed by atoms with Gasteiger partial charge in [-0.3, -0.25) is 4.79 Å². The van der Waals surface area contributed by atoms with Gasteiger partial charge in [-0.2, -0.15) is 0 Å². The van der Waals surface area contributed by atoms with Gasteiger partial charge in [0.2, 0.25) is 0 Å². The molecule has 22 heavy (non-hydrogen) atoms. The molecule has 1 aromatic heterocycles. The molecule has 3 rings (SSSR count). The van der Waals surface area contributed by atoms with Crippen molar-refractivity contribution in [3.8, 4) is 16.9 Å². The van der Waals surface area contributed by atoms with E-state index in [9.17, 15) is 9.18 Å². The number of aldehydes is 1. The second kappa shape index (κ2) is 5.52. The Morgan fingerprint density at radius 1 is 1.09 bits per heavy atom. The number of nitrogens with zero attached hydrogens (tertiary/aromatic N) is 3. The summed E-state index contributed by atoms with van der Waals surface area (Å²) in [7, 11) is 0. The normalized spacial score (nSPS) is 10.7. The van der Waals surface area contributed by atoms with E-state index in [0.717, 1.165) is 16.8 Å². The van der Waals surface area contributed by atoms with Crippen molar-refractivity contribution in [1.29, 1.82) is 0 Å². The van der Waals surface area contributed by atoms with Crippen LogP contribution in [0.4, 0.5) is 4.39 Å². The molecule has 0 amide bonds. The number of aromatic nitrogens is 3. The van der Waals surface area contributed by atoms with Crippen LogP contribution in [0.1, 0.15) is 21.6 Å². The van der Waals surface area contributed by atoms with Crippen molar-refractivity contribution in [2.75, 3.05) is 0 Å². The molecule has 0 aliphatic rings. The number of benzene rings is 2. The molecule has 110 valence electrons. The highest BCUT2D eigenvalue weighted by molar-refractivity contribution is 5.84. The van der Waals surface area contributed by atoms with Crippen LogP contribution >= 0.6 is 0 Å². The summed E-state index contributed by atoms with van der Waals surface area (Å²) < 4.78 is 15.1. The highest BCUT2D eigenvalue weighted by atomic mass is 19.1. The van der Waals surface area contributed by atoms with Crippen LogP contribution in [0.3, 0.4) is 0 Å². The zero-order valence-corrected chi connectivity index (χ0v) is 12.2. The van der Waals surface area contributed by atoms with E-state index >= 15 is 0 Å². The standard InChI is InChI=1S/C17H14FN3O/c1-11-6-12(2)8-15(7-11)21-17(16(10-22)19-20-21)13-4-3-5-14(18)9-13/h3-10H,1-2H3. The Morgan fingerprint density at radius 2 is 1.82 bits per heavy atom. The summed E-state index contributed by atoms with van der Waals surface area (Å²) >= 11 is 0. The Labute approximate surface area is 127 Å². The Bertz CT molecular complexity index is 835. The van der Waals surface area contributed by atoms with Crippen LogP contribution < -0.4 is 0 Å². The number of hydrogen-bond donors (Lipinski definition) is 0. The van der Waals surface area contributed by atoms with Gasteiger partial charge in [0.25, 0.3) is 0 Å². The highest BCUT2D eigenvalue weighted by Crippen LogP contribution is 2.26.